The Kier molecular flexibility index (Phi) is 3.30. The van der Waals surface area contributed by atoms with Gasteiger partial charge in [0.15, 0.2) is 11.5 Å². The van der Waals surface area contributed by atoms with Crippen LogP contribution in [0.25, 0.3) is 10.8 Å². The molecule has 0 bridgehead atoms. The molecule has 1 aliphatic heterocycles. The number of nitrogens with zero attached hydrogens (tertiary/aromatic N) is 1. The number of fused-ring (bicyclic) bond motifs is 2. The van der Waals surface area contributed by atoms with Gasteiger partial charge in [0.1, 0.15) is 19.0 Å². The lowest BCUT2D eigenvalue weighted by Gasteiger charge is -2.24. The molecule has 1 aromatic heterocycles. The van der Waals surface area contributed by atoms with Gasteiger partial charge in [-0.2, -0.15) is 0 Å². The molecule has 0 spiro atoms. The van der Waals surface area contributed by atoms with Gasteiger partial charge in [0.25, 0.3) is 0 Å². The summed E-state index contributed by atoms with van der Waals surface area (Å²) in [7, 11) is 0. The lowest BCUT2D eigenvalue weighted by molar-refractivity contribution is 0.172. The van der Waals surface area contributed by atoms with Gasteiger partial charge < -0.3 is 14.8 Å². The summed E-state index contributed by atoms with van der Waals surface area (Å²) >= 11 is 0. The molecule has 2 aliphatic rings. The van der Waals surface area contributed by atoms with Gasteiger partial charge in [-0.15, -0.1) is 0 Å². The Hall–Kier alpha value is -1.97. The van der Waals surface area contributed by atoms with Gasteiger partial charge in [-0.1, -0.05) is 19.3 Å². The van der Waals surface area contributed by atoms with Crippen molar-refractivity contribution in [1.29, 1.82) is 0 Å². The topological polar surface area (TPSA) is 43.4 Å². The van der Waals surface area contributed by atoms with Crippen LogP contribution in [-0.2, 0) is 0 Å². The molecule has 1 N–H and O–H groups in total. The van der Waals surface area contributed by atoms with Gasteiger partial charge in [0.2, 0.25) is 0 Å². The summed E-state index contributed by atoms with van der Waals surface area (Å²) in [5, 5.41) is 5.89. The SMILES string of the molecule is c1cc2cc3c(cc2c(NC2CCCCC2)n1)OCCO3. The predicted octanol–water partition coefficient (Wildman–Crippen LogP) is 3.75. The summed E-state index contributed by atoms with van der Waals surface area (Å²) in [5.74, 6) is 2.63. The molecule has 0 radical (unpaired) electrons. The summed E-state index contributed by atoms with van der Waals surface area (Å²) < 4.78 is 11.4. The Labute approximate surface area is 124 Å². The van der Waals surface area contributed by atoms with E-state index in [1.807, 2.05) is 12.3 Å². The number of pyridine rings is 1. The van der Waals surface area contributed by atoms with Crippen LogP contribution in [0.3, 0.4) is 0 Å². The van der Waals surface area contributed by atoms with E-state index in [9.17, 15) is 0 Å². The Balaban J connectivity index is 1.71. The molecule has 0 amide bonds. The third-order valence-electron chi connectivity index (χ3n) is 4.37. The minimum absolute atomic E-state index is 0.546. The van der Waals surface area contributed by atoms with Crippen molar-refractivity contribution in [1.82, 2.24) is 4.98 Å². The van der Waals surface area contributed by atoms with E-state index in [4.69, 9.17) is 9.47 Å². The fourth-order valence-electron chi connectivity index (χ4n) is 3.26. The van der Waals surface area contributed by atoms with Crippen molar-refractivity contribution < 1.29 is 9.47 Å². The number of anilines is 1. The van der Waals surface area contributed by atoms with Crippen LogP contribution in [0.4, 0.5) is 5.82 Å². The van der Waals surface area contributed by atoms with E-state index in [1.165, 1.54) is 32.1 Å². The van der Waals surface area contributed by atoms with Crippen LogP contribution >= 0.6 is 0 Å². The highest BCUT2D eigenvalue weighted by molar-refractivity contribution is 5.94. The molecule has 1 fully saturated rings. The number of hydrogen-bond donors (Lipinski definition) is 1. The highest BCUT2D eigenvalue weighted by atomic mass is 16.6. The standard InChI is InChI=1S/C17H20N2O2/c1-2-4-13(5-3-1)19-17-14-11-16-15(20-8-9-21-16)10-12(14)6-7-18-17/h6-7,10-11,13H,1-5,8-9H2,(H,18,19). The molecule has 1 saturated carbocycles. The van der Waals surface area contributed by atoms with Crippen LogP contribution in [0.5, 0.6) is 11.5 Å². The number of hydrogen-bond acceptors (Lipinski definition) is 4. The van der Waals surface area contributed by atoms with Crippen molar-refractivity contribution in [2.24, 2.45) is 0 Å². The zero-order chi connectivity index (χ0) is 14.1. The van der Waals surface area contributed by atoms with Crippen molar-refractivity contribution in [3.63, 3.8) is 0 Å². The van der Waals surface area contributed by atoms with Gasteiger partial charge in [0.05, 0.1) is 0 Å². The molecule has 2 heterocycles. The number of nitrogens with one attached hydrogen (secondary N) is 1. The van der Waals surface area contributed by atoms with E-state index >= 15 is 0 Å². The molecule has 0 atom stereocenters. The molecule has 0 saturated heterocycles. The van der Waals surface area contributed by atoms with Gasteiger partial charge in [-0.25, -0.2) is 4.98 Å². The van der Waals surface area contributed by atoms with Crippen LogP contribution in [0.2, 0.25) is 0 Å². The molecule has 4 heteroatoms. The fourth-order valence-corrected chi connectivity index (χ4v) is 3.26. The van der Waals surface area contributed by atoms with Crippen LogP contribution in [0.15, 0.2) is 24.4 Å². The normalized spacial score (nSPS) is 18.7. The third-order valence-corrected chi connectivity index (χ3v) is 4.37. The average Bonchev–Trinajstić information content (AvgIpc) is 2.54. The molecule has 0 unspecified atom stereocenters. The second kappa shape index (κ2) is 5.43. The molecular formula is C17H20N2O2. The second-order valence-corrected chi connectivity index (χ2v) is 5.86. The molecule has 4 rings (SSSR count). The van der Waals surface area contributed by atoms with Gasteiger partial charge in [0, 0.05) is 17.6 Å². The first-order valence-corrected chi connectivity index (χ1v) is 7.85. The number of aromatic nitrogens is 1. The van der Waals surface area contributed by atoms with Crippen LogP contribution in [0.1, 0.15) is 32.1 Å². The maximum absolute atomic E-state index is 5.70. The van der Waals surface area contributed by atoms with Gasteiger partial charge in [-0.05, 0) is 36.4 Å². The smallest absolute Gasteiger partial charge is 0.162 e. The zero-order valence-corrected chi connectivity index (χ0v) is 12.1. The zero-order valence-electron chi connectivity index (χ0n) is 12.1. The summed E-state index contributed by atoms with van der Waals surface area (Å²) in [5.41, 5.74) is 0. The largest absolute Gasteiger partial charge is 0.486 e. The van der Waals surface area contributed by atoms with Gasteiger partial charge in [-0.3, -0.25) is 0 Å². The third kappa shape index (κ3) is 2.50. The van der Waals surface area contributed by atoms with Crippen LogP contribution < -0.4 is 14.8 Å². The minimum atomic E-state index is 0.546. The first-order valence-electron chi connectivity index (χ1n) is 7.85. The highest BCUT2D eigenvalue weighted by Gasteiger charge is 2.17. The van der Waals surface area contributed by atoms with E-state index in [2.05, 4.69) is 22.4 Å². The van der Waals surface area contributed by atoms with Gasteiger partial charge >= 0.3 is 0 Å². The summed E-state index contributed by atoms with van der Waals surface area (Å²) in [6, 6.07) is 6.68. The summed E-state index contributed by atoms with van der Waals surface area (Å²) in [6.45, 7) is 1.24. The molecule has 21 heavy (non-hydrogen) atoms. The van der Waals surface area contributed by atoms with E-state index < -0.39 is 0 Å². The second-order valence-electron chi connectivity index (χ2n) is 5.86. The van der Waals surface area contributed by atoms with Crippen molar-refractivity contribution in [2.75, 3.05) is 18.5 Å². The summed E-state index contributed by atoms with van der Waals surface area (Å²) in [6.07, 6.45) is 8.33. The lowest BCUT2D eigenvalue weighted by Crippen LogP contribution is -2.23. The maximum Gasteiger partial charge on any atom is 0.162 e. The summed E-state index contributed by atoms with van der Waals surface area (Å²) in [4.78, 5) is 4.54. The number of rotatable bonds is 2. The molecular weight excluding hydrogens is 264 g/mol. The monoisotopic (exact) mass is 284 g/mol. The van der Waals surface area contributed by atoms with Crippen LogP contribution in [-0.4, -0.2) is 24.2 Å². The molecule has 1 aliphatic carbocycles. The maximum atomic E-state index is 5.70. The molecule has 2 aromatic rings. The van der Waals surface area contributed by atoms with E-state index in [-0.39, 0.29) is 0 Å². The Morgan fingerprint density at radius 2 is 1.76 bits per heavy atom. The Morgan fingerprint density at radius 3 is 2.57 bits per heavy atom. The minimum Gasteiger partial charge on any atom is -0.486 e. The first-order chi connectivity index (χ1) is 10.4. The quantitative estimate of drug-likeness (QED) is 0.912. The van der Waals surface area contributed by atoms with E-state index in [0.29, 0.717) is 19.3 Å². The van der Waals surface area contributed by atoms with E-state index in [0.717, 1.165) is 28.1 Å². The molecule has 1 aromatic carbocycles. The number of benzene rings is 1. The van der Waals surface area contributed by atoms with Crippen molar-refractivity contribution >= 4 is 16.6 Å². The molecule has 110 valence electrons. The lowest BCUT2D eigenvalue weighted by atomic mass is 9.95. The van der Waals surface area contributed by atoms with Crippen molar-refractivity contribution in [3.05, 3.63) is 24.4 Å². The van der Waals surface area contributed by atoms with E-state index in [1.54, 1.807) is 0 Å². The van der Waals surface area contributed by atoms with Crippen molar-refractivity contribution in [3.8, 4) is 11.5 Å². The first kappa shape index (κ1) is 12.7. The van der Waals surface area contributed by atoms with Crippen LogP contribution in [0, 0.1) is 0 Å². The average molecular weight is 284 g/mol. The highest BCUT2D eigenvalue weighted by Crippen LogP contribution is 2.37. The Bertz CT molecular complexity index is 651. The molecule has 4 nitrogen and oxygen atoms in total. The predicted molar refractivity (Wildman–Crippen MR) is 83.2 cm³/mol. The Morgan fingerprint density at radius 1 is 1.00 bits per heavy atom. The number of ether oxygens (including phenoxy) is 2. The van der Waals surface area contributed by atoms with Crippen molar-refractivity contribution in [2.45, 2.75) is 38.1 Å². The fraction of sp³-hybridized carbons (Fsp3) is 0.471.